The predicted octanol–water partition coefficient (Wildman–Crippen LogP) is 5.51. The average molecular weight is 597 g/mol. The molecule has 0 atom stereocenters. The van der Waals surface area contributed by atoms with Crippen LogP contribution in [-0.4, -0.2) is 35.5 Å². The van der Waals surface area contributed by atoms with Crippen molar-refractivity contribution in [2.24, 2.45) is 0 Å². The molecule has 3 aromatic rings. The third-order valence-electron chi connectivity index (χ3n) is 4.47. The van der Waals surface area contributed by atoms with Crippen LogP contribution < -0.4 is 14.3 Å². The lowest BCUT2D eigenvalue weighted by Crippen LogP contribution is -2.37. The number of nitrogens with zero attached hydrogens (tertiary/aromatic N) is 1. The van der Waals surface area contributed by atoms with Crippen molar-refractivity contribution in [3.05, 3.63) is 80.8 Å². The molecule has 0 unspecified atom stereocenters. The molecule has 14 heteroatoms. The van der Waals surface area contributed by atoms with E-state index in [0.29, 0.717) is 0 Å². The number of hydrogen-bond donors (Lipinski definition) is 2. The van der Waals surface area contributed by atoms with Crippen LogP contribution in [0, 0.1) is 0 Å². The predicted molar refractivity (Wildman–Crippen MR) is 141 cm³/mol. The molecule has 0 fully saturated rings. The standard InChI is InChI=1S/C21H17Cl4N3O5S2/c1-34(30,31)28(16-10-13(22)9-14(23)11-16)12-20(29)26-15-5-7-17(8-6-15)35(32,33)27-19-4-2-3-18(24)21(19)25/h2-11,27H,12H2,1H3,(H,26,29). The number of halogens is 4. The van der Waals surface area contributed by atoms with E-state index in [9.17, 15) is 21.6 Å². The van der Waals surface area contributed by atoms with Crippen LogP contribution in [0.5, 0.6) is 0 Å². The number of nitrogens with one attached hydrogen (secondary N) is 2. The average Bonchev–Trinajstić information content (AvgIpc) is 2.74. The van der Waals surface area contributed by atoms with Crippen molar-refractivity contribution in [1.82, 2.24) is 0 Å². The Morgan fingerprint density at radius 3 is 2.06 bits per heavy atom. The summed E-state index contributed by atoms with van der Waals surface area (Å²) in [4.78, 5) is 12.5. The van der Waals surface area contributed by atoms with Crippen molar-refractivity contribution in [2.75, 3.05) is 27.1 Å². The summed E-state index contributed by atoms with van der Waals surface area (Å²) >= 11 is 23.9. The van der Waals surface area contributed by atoms with Crippen molar-refractivity contribution >= 4 is 89.4 Å². The largest absolute Gasteiger partial charge is 0.325 e. The van der Waals surface area contributed by atoms with Gasteiger partial charge < -0.3 is 5.32 Å². The smallest absolute Gasteiger partial charge is 0.261 e. The highest BCUT2D eigenvalue weighted by molar-refractivity contribution is 7.92. The zero-order chi connectivity index (χ0) is 26.0. The molecular formula is C21H17Cl4N3O5S2. The van der Waals surface area contributed by atoms with E-state index in [1.807, 2.05) is 0 Å². The van der Waals surface area contributed by atoms with Gasteiger partial charge in [0.1, 0.15) is 6.54 Å². The van der Waals surface area contributed by atoms with Gasteiger partial charge in [-0.25, -0.2) is 16.8 Å². The minimum Gasteiger partial charge on any atom is -0.325 e. The lowest BCUT2D eigenvalue weighted by atomic mass is 10.3. The molecule has 0 radical (unpaired) electrons. The fraction of sp³-hybridized carbons (Fsp3) is 0.0952. The third kappa shape index (κ3) is 7.16. The highest BCUT2D eigenvalue weighted by Crippen LogP contribution is 2.31. The first-order chi connectivity index (χ1) is 16.3. The molecule has 0 heterocycles. The molecule has 0 bridgehead atoms. The Balaban J connectivity index is 1.75. The van der Waals surface area contributed by atoms with E-state index in [0.717, 1.165) is 10.6 Å². The molecule has 0 spiro atoms. The van der Waals surface area contributed by atoms with Gasteiger partial charge >= 0.3 is 0 Å². The first kappa shape index (κ1) is 27.4. The van der Waals surface area contributed by atoms with Crippen LogP contribution in [0.2, 0.25) is 20.1 Å². The Bertz CT molecular complexity index is 1460. The highest BCUT2D eigenvalue weighted by Gasteiger charge is 2.22. The topological polar surface area (TPSA) is 113 Å². The van der Waals surface area contributed by atoms with E-state index in [-0.39, 0.29) is 42.0 Å². The molecule has 8 nitrogen and oxygen atoms in total. The van der Waals surface area contributed by atoms with Crippen molar-refractivity contribution in [2.45, 2.75) is 4.90 Å². The molecule has 3 aromatic carbocycles. The lowest BCUT2D eigenvalue weighted by Gasteiger charge is -2.22. The summed E-state index contributed by atoms with van der Waals surface area (Å²) in [5.41, 5.74) is 0.471. The zero-order valence-corrected chi connectivity index (χ0v) is 22.5. The number of carbonyl (C=O) groups is 1. The molecule has 0 aliphatic heterocycles. The van der Waals surface area contributed by atoms with E-state index < -0.39 is 32.5 Å². The van der Waals surface area contributed by atoms with Gasteiger partial charge in [-0.15, -0.1) is 0 Å². The van der Waals surface area contributed by atoms with Gasteiger partial charge in [0.25, 0.3) is 10.0 Å². The monoisotopic (exact) mass is 595 g/mol. The summed E-state index contributed by atoms with van der Waals surface area (Å²) in [5, 5.41) is 3.17. The molecule has 0 aromatic heterocycles. The number of anilines is 3. The van der Waals surface area contributed by atoms with Crippen molar-refractivity contribution in [3.8, 4) is 0 Å². The van der Waals surface area contributed by atoms with Crippen LogP contribution in [0.4, 0.5) is 17.1 Å². The Morgan fingerprint density at radius 2 is 1.49 bits per heavy atom. The number of amides is 1. The molecule has 35 heavy (non-hydrogen) atoms. The third-order valence-corrected chi connectivity index (χ3v) is 8.24. The van der Waals surface area contributed by atoms with Crippen LogP contribution in [0.25, 0.3) is 0 Å². The number of benzene rings is 3. The first-order valence-electron chi connectivity index (χ1n) is 9.57. The summed E-state index contributed by atoms with van der Waals surface area (Å²) in [5.74, 6) is -0.675. The molecular weight excluding hydrogens is 580 g/mol. The molecule has 1 amide bonds. The lowest BCUT2D eigenvalue weighted by molar-refractivity contribution is -0.114. The minimum atomic E-state index is -4.00. The number of sulfonamides is 2. The molecule has 3 rings (SSSR count). The van der Waals surface area contributed by atoms with E-state index in [1.165, 1.54) is 54.6 Å². The van der Waals surface area contributed by atoms with Crippen LogP contribution >= 0.6 is 46.4 Å². The quantitative estimate of drug-likeness (QED) is 0.356. The van der Waals surface area contributed by atoms with E-state index >= 15 is 0 Å². The number of carbonyl (C=O) groups excluding carboxylic acids is 1. The van der Waals surface area contributed by atoms with Crippen molar-refractivity contribution < 1.29 is 21.6 Å². The van der Waals surface area contributed by atoms with Gasteiger partial charge in [-0.05, 0) is 54.6 Å². The first-order valence-corrected chi connectivity index (χ1v) is 14.4. The molecule has 0 saturated heterocycles. The zero-order valence-electron chi connectivity index (χ0n) is 17.8. The fourth-order valence-electron chi connectivity index (χ4n) is 2.92. The van der Waals surface area contributed by atoms with E-state index in [2.05, 4.69) is 10.0 Å². The maximum atomic E-state index is 12.7. The van der Waals surface area contributed by atoms with Gasteiger partial charge in [-0.1, -0.05) is 52.5 Å². The summed E-state index contributed by atoms with van der Waals surface area (Å²) in [7, 11) is -7.85. The number of rotatable bonds is 8. The minimum absolute atomic E-state index is 0.0537. The summed E-state index contributed by atoms with van der Waals surface area (Å²) in [6.45, 7) is -0.565. The van der Waals surface area contributed by atoms with Crippen molar-refractivity contribution in [3.63, 3.8) is 0 Å². The van der Waals surface area contributed by atoms with Crippen LogP contribution in [0.3, 0.4) is 0 Å². The van der Waals surface area contributed by atoms with Gasteiger partial charge in [-0.3, -0.25) is 13.8 Å². The van der Waals surface area contributed by atoms with Crippen LogP contribution in [-0.2, 0) is 24.8 Å². The second-order valence-electron chi connectivity index (χ2n) is 7.18. The van der Waals surface area contributed by atoms with E-state index in [4.69, 9.17) is 46.4 Å². The van der Waals surface area contributed by atoms with Gasteiger partial charge in [-0.2, -0.15) is 0 Å². The Kier molecular flexibility index (Phi) is 8.46. The Labute approximate surface area is 222 Å². The Hall–Kier alpha value is -2.21. The second kappa shape index (κ2) is 10.8. The highest BCUT2D eigenvalue weighted by atomic mass is 35.5. The van der Waals surface area contributed by atoms with Crippen LogP contribution in [0.15, 0.2) is 65.6 Å². The molecule has 186 valence electrons. The summed E-state index contributed by atoms with van der Waals surface area (Å²) in [6.07, 6.45) is 0.938. The fourth-order valence-corrected chi connectivity index (χ4v) is 5.75. The molecule has 0 aliphatic rings. The summed E-state index contributed by atoms with van der Waals surface area (Å²) in [6, 6.07) is 13.9. The molecule has 0 aliphatic carbocycles. The van der Waals surface area contributed by atoms with Gasteiger partial charge in [0.05, 0.1) is 32.6 Å². The molecule has 2 N–H and O–H groups in total. The maximum Gasteiger partial charge on any atom is 0.261 e. The molecule has 0 saturated carbocycles. The number of hydrogen-bond acceptors (Lipinski definition) is 5. The maximum absolute atomic E-state index is 12.7. The normalized spacial score (nSPS) is 11.7. The van der Waals surface area contributed by atoms with Crippen molar-refractivity contribution in [1.29, 1.82) is 0 Å². The Morgan fingerprint density at radius 1 is 0.886 bits per heavy atom. The van der Waals surface area contributed by atoms with E-state index in [1.54, 1.807) is 6.07 Å². The van der Waals surface area contributed by atoms with Gasteiger partial charge in [0.15, 0.2) is 0 Å². The SMILES string of the molecule is CS(=O)(=O)N(CC(=O)Nc1ccc(S(=O)(=O)Nc2cccc(Cl)c2Cl)cc1)c1cc(Cl)cc(Cl)c1. The summed E-state index contributed by atoms with van der Waals surface area (Å²) < 4.78 is 53.1. The van der Waals surface area contributed by atoms with Gasteiger partial charge in [0, 0.05) is 15.7 Å². The van der Waals surface area contributed by atoms with Crippen LogP contribution in [0.1, 0.15) is 0 Å². The van der Waals surface area contributed by atoms with Gasteiger partial charge in [0.2, 0.25) is 15.9 Å². The second-order valence-corrected chi connectivity index (χ2v) is 12.4.